The molecular weight excluding hydrogens is 305 g/mol. The number of unbranched alkanes of at least 4 members (excludes halogenated alkanes) is 5. The zero-order chi connectivity index (χ0) is 15.5. The van der Waals surface area contributed by atoms with E-state index in [2.05, 4.69) is 12.2 Å². The van der Waals surface area contributed by atoms with Gasteiger partial charge in [0.15, 0.2) is 0 Å². The lowest BCUT2D eigenvalue weighted by atomic mass is 10.1. The number of carbonyl (C=O) groups is 1. The summed E-state index contributed by atoms with van der Waals surface area (Å²) in [4.78, 5) is 11.7. The molecule has 0 aromatic heterocycles. The molecule has 1 N–H and O–H groups in total. The van der Waals surface area contributed by atoms with Crippen LogP contribution < -0.4 is 5.32 Å². The largest absolute Gasteiger partial charge is 0.353 e. The van der Waals surface area contributed by atoms with Crippen molar-refractivity contribution in [1.29, 1.82) is 0 Å². The summed E-state index contributed by atoms with van der Waals surface area (Å²) in [5.74, 6) is -0.0884. The molecule has 116 valence electrons. The topological polar surface area (TPSA) is 29.1 Å². The van der Waals surface area contributed by atoms with Crippen molar-refractivity contribution in [2.75, 3.05) is 6.54 Å². The fourth-order valence-electron chi connectivity index (χ4n) is 1.98. The molecule has 0 heterocycles. The Morgan fingerprint density at radius 3 is 2.57 bits per heavy atom. The van der Waals surface area contributed by atoms with Gasteiger partial charge in [0.05, 0.1) is 0 Å². The van der Waals surface area contributed by atoms with E-state index in [0.29, 0.717) is 10.0 Å². The summed E-state index contributed by atoms with van der Waals surface area (Å²) in [6.07, 6.45) is 10.5. The predicted molar refractivity (Wildman–Crippen MR) is 91.9 cm³/mol. The highest BCUT2D eigenvalue weighted by Crippen LogP contribution is 2.21. The molecule has 4 heteroatoms. The summed E-state index contributed by atoms with van der Waals surface area (Å²) in [6, 6.07) is 5.21. The minimum atomic E-state index is -0.0884. The summed E-state index contributed by atoms with van der Waals surface area (Å²) in [5.41, 5.74) is 0.788. The van der Waals surface area contributed by atoms with E-state index in [-0.39, 0.29) is 5.91 Å². The molecule has 21 heavy (non-hydrogen) atoms. The number of rotatable bonds is 9. The highest BCUT2D eigenvalue weighted by molar-refractivity contribution is 6.35. The van der Waals surface area contributed by atoms with Gasteiger partial charge in [0.1, 0.15) is 0 Å². The van der Waals surface area contributed by atoms with Crippen LogP contribution in [-0.4, -0.2) is 12.5 Å². The lowest BCUT2D eigenvalue weighted by molar-refractivity contribution is -0.116. The zero-order valence-electron chi connectivity index (χ0n) is 12.5. The van der Waals surface area contributed by atoms with E-state index < -0.39 is 0 Å². The first-order valence-electron chi connectivity index (χ1n) is 7.54. The third-order valence-corrected chi connectivity index (χ3v) is 3.77. The molecule has 0 bridgehead atoms. The van der Waals surface area contributed by atoms with Crippen molar-refractivity contribution in [3.63, 3.8) is 0 Å². The number of carbonyl (C=O) groups excluding carboxylic acids is 1. The van der Waals surface area contributed by atoms with Crippen LogP contribution in [0.15, 0.2) is 24.3 Å². The fourth-order valence-corrected chi connectivity index (χ4v) is 2.45. The zero-order valence-corrected chi connectivity index (χ0v) is 14.0. The Hall–Kier alpha value is -0.990. The number of hydrogen-bond donors (Lipinski definition) is 1. The van der Waals surface area contributed by atoms with Crippen molar-refractivity contribution < 1.29 is 4.79 Å². The van der Waals surface area contributed by atoms with E-state index in [1.54, 1.807) is 24.3 Å². The van der Waals surface area contributed by atoms with Crippen LogP contribution in [0.5, 0.6) is 0 Å². The lowest BCUT2D eigenvalue weighted by Gasteiger charge is -2.03. The first kappa shape index (κ1) is 18.1. The lowest BCUT2D eigenvalue weighted by Crippen LogP contribution is -2.21. The van der Waals surface area contributed by atoms with Gasteiger partial charge >= 0.3 is 0 Å². The Morgan fingerprint density at radius 1 is 1.14 bits per heavy atom. The smallest absolute Gasteiger partial charge is 0.243 e. The molecular formula is C17H23Cl2NO. The second kappa shape index (κ2) is 10.7. The molecule has 0 aliphatic rings. The number of halogens is 2. The van der Waals surface area contributed by atoms with E-state index in [9.17, 15) is 4.79 Å². The van der Waals surface area contributed by atoms with Gasteiger partial charge in [0.2, 0.25) is 5.91 Å². The number of hydrogen-bond acceptors (Lipinski definition) is 1. The summed E-state index contributed by atoms with van der Waals surface area (Å²) in [6.45, 7) is 2.93. The SMILES string of the molecule is CCCCCCCCNC(=O)C=Cc1ccc(Cl)cc1Cl. The molecule has 1 aromatic rings. The van der Waals surface area contributed by atoms with E-state index in [0.717, 1.165) is 18.5 Å². The molecule has 2 nitrogen and oxygen atoms in total. The first-order valence-corrected chi connectivity index (χ1v) is 8.30. The van der Waals surface area contributed by atoms with E-state index in [1.165, 1.54) is 38.2 Å². The van der Waals surface area contributed by atoms with Crippen LogP contribution in [0, 0.1) is 0 Å². The van der Waals surface area contributed by atoms with Crippen LogP contribution in [0.2, 0.25) is 10.0 Å². The Kier molecular flexibility index (Phi) is 9.20. The van der Waals surface area contributed by atoms with Gasteiger partial charge in [-0.2, -0.15) is 0 Å². The number of amides is 1. The van der Waals surface area contributed by atoms with Crippen LogP contribution in [0.3, 0.4) is 0 Å². The summed E-state index contributed by atoms with van der Waals surface area (Å²) < 4.78 is 0. The molecule has 1 aromatic carbocycles. The molecule has 0 atom stereocenters. The molecule has 1 amide bonds. The standard InChI is InChI=1S/C17H23Cl2NO/c1-2-3-4-5-6-7-12-20-17(21)11-9-14-8-10-15(18)13-16(14)19/h8-11,13H,2-7,12H2,1H3,(H,20,21). The maximum absolute atomic E-state index is 11.7. The molecule has 0 saturated heterocycles. The third kappa shape index (κ3) is 8.13. The molecule has 0 saturated carbocycles. The quantitative estimate of drug-likeness (QED) is 0.472. The Labute approximate surface area is 137 Å². The molecule has 1 rings (SSSR count). The maximum atomic E-state index is 11.7. The van der Waals surface area contributed by atoms with Crippen molar-refractivity contribution in [3.05, 3.63) is 39.9 Å². The van der Waals surface area contributed by atoms with Gasteiger partial charge in [-0.15, -0.1) is 0 Å². The molecule has 0 spiro atoms. The predicted octanol–water partition coefficient (Wildman–Crippen LogP) is 5.48. The second-order valence-electron chi connectivity index (χ2n) is 5.06. The highest BCUT2D eigenvalue weighted by Gasteiger charge is 1.99. The molecule has 0 radical (unpaired) electrons. The first-order chi connectivity index (χ1) is 10.1. The highest BCUT2D eigenvalue weighted by atomic mass is 35.5. The van der Waals surface area contributed by atoms with Crippen molar-refractivity contribution in [2.45, 2.75) is 45.4 Å². The van der Waals surface area contributed by atoms with Gasteiger partial charge in [-0.25, -0.2) is 0 Å². The van der Waals surface area contributed by atoms with Gasteiger partial charge in [-0.3, -0.25) is 4.79 Å². The summed E-state index contributed by atoms with van der Waals surface area (Å²) in [5, 5.41) is 4.01. The fraction of sp³-hybridized carbons (Fsp3) is 0.471. The maximum Gasteiger partial charge on any atom is 0.243 e. The van der Waals surface area contributed by atoms with Crippen molar-refractivity contribution in [1.82, 2.24) is 5.32 Å². The average molecular weight is 328 g/mol. The van der Waals surface area contributed by atoms with Gasteiger partial charge in [0, 0.05) is 22.7 Å². The van der Waals surface area contributed by atoms with Crippen LogP contribution in [0.25, 0.3) is 6.08 Å². The normalized spacial score (nSPS) is 11.0. The van der Waals surface area contributed by atoms with E-state index in [4.69, 9.17) is 23.2 Å². The summed E-state index contributed by atoms with van der Waals surface area (Å²) in [7, 11) is 0. The second-order valence-corrected chi connectivity index (χ2v) is 5.90. The minimum Gasteiger partial charge on any atom is -0.353 e. The van der Waals surface area contributed by atoms with Crippen LogP contribution >= 0.6 is 23.2 Å². The Bertz CT molecular complexity index is 472. The Balaban J connectivity index is 2.22. The molecule has 0 unspecified atom stereocenters. The van der Waals surface area contributed by atoms with Gasteiger partial charge in [-0.1, -0.05) is 68.3 Å². The van der Waals surface area contributed by atoms with Crippen molar-refractivity contribution in [2.24, 2.45) is 0 Å². The van der Waals surface area contributed by atoms with Crippen molar-refractivity contribution >= 4 is 35.2 Å². The van der Waals surface area contributed by atoms with Gasteiger partial charge < -0.3 is 5.32 Å². The van der Waals surface area contributed by atoms with Crippen LogP contribution in [0.1, 0.15) is 51.0 Å². The minimum absolute atomic E-state index is 0.0884. The summed E-state index contributed by atoms with van der Waals surface area (Å²) >= 11 is 11.9. The third-order valence-electron chi connectivity index (χ3n) is 3.21. The number of nitrogens with one attached hydrogen (secondary N) is 1. The molecule has 0 aliphatic heterocycles. The molecule has 0 fully saturated rings. The van der Waals surface area contributed by atoms with Crippen molar-refractivity contribution in [3.8, 4) is 0 Å². The average Bonchev–Trinajstić information content (AvgIpc) is 2.45. The van der Waals surface area contributed by atoms with Crippen LogP contribution in [-0.2, 0) is 4.79 Å². The van der Waals surface area contributed by atoms with Gasteiger partial charge in [-0.05, 0) is 30.2 Å². The molecule has 0 aliphatic carbocycles. The van der Waals surface area contributed by atoms with Gasteiger partial charge in [0.25, 0.3) is 0 Å². The van der Waals surface area contributed by atoms with E-state index in [1.807, 2.05) is 0 Å². The Morgan fingerprint density at radius 2 is 1.86 bits per heavy atom. The monoisotopic (exact) mass is 327 g/mol. The van der Waals surface area contributed by atoms with E-state index >= 15 is 0 Å². The van der Waals surface area contributed by atoms with Crippen LogP contribution in [0.4, 0.5) is 0 Å². The number of benzene rings is 1.